The smallest absolute Gasteiger partial charge is 0.347 e. The predicted octanol–water partition coefficient (Wildman–Crippen LogP) is 4.86. The molecule has 0 spiro atoms. The van der Waals surface area contributed by atoms with Crippen LogP contribution >= 0.6 is 34.5 Å². The van der Waals surface area contributed by atoms with Crippen LogP contribution in [0.2, 0.25) is 10.0 Å². The lowest BCUT2D eigenvalue weighted by Crippen LogP contribution is -2.00. The quantitative estimate of drug-likeness (QED) is 0.871. The molecule has 6 heteroatoms. The van der Waals surface area contributed by atoms with Crippen molar-refractivity contribution in [2.45, 2.75) is 26.2 Å². The summed E-state index contributed by atoms with van der Waals surface area (Å²) < 4.78 is 0. The number of carbonyl (C=O) groups is 1. The molecule has 0 saturated carbocycles. The van der Waals surface area contributed by atoms with Crippen LogP contribution < -0.4 is 0 Å². The summed E-state index contributed by atoms with van der Waals surface area (Å²) in [4.78, 5) is 16.0. The molecule has 0 radical (unpaired) electrons. The van der Waals surface area contributed by atoms with Crippen molar-refractivity contribution in [3.8, 4) is 0 Å². The molecule has 0 aliphatic heterocycles. The molecule has 106 valence electrons. The van der Waals surface area contributed by atoms with Crippen LogP contribution in [-0.4, -0.2) is 16.1 Å². The SMILES string of the molecule is CC(C)c1nc(Cc2ccc(Cl)c(Cl)c2)sc1C(=O)O. The summed E-state index contributed by atoms with van der Waals surface area (Å²) in [7, 11) is 0. The maximum absolute atomic E-state index is 11.2. The molecule has 0 fully saturated rings. The molecule has 2 rings (SSSR count). The van der Waals surface area contributed by atoms with Crippen LogP contribution in [0.15, 0.2) is 18.2 Å². The third-order valence-electron chi connectivity index (χ3n) is 2.78. The standard InChI is InChI=1S/C14H13Cl2NO2S/c1-7(2)12-13(14(18)19)20-11(17-12)6-8-3-4-9(15)10(16)5-8/h3-5,7H,6H2,1-2H3,(H,18,19). The Bertz CT molecular complexity index is 653. The summed E-state index contributed by atoms with van der Waals surface area (Å²) in [6.07, 6.45) is 0.550. The summed E-state index contributed by atoms with van der Waals surface area (Å²) in [6.45, 7) is 3.87. The van der Waals surface area contributed by atoms with Gasteiger partial charge < -0.3 is 5.11 Å². The van der Waals surface area contributed by atoms with Crippen molar-refractivity contribution in [3.05, 3.63) is 49.4 Å². The first-order chi connectivity index (χ1) is 9.38. The van der Waals surface area contributed by atoms with E-state index in [4.69, 9.17) is 23.2 Å². The third kappa shape index (κ3) is 3.32. The van der Waals surface area contributed by atoms with Crippen molar-refractivity contribution in [3.63, 3.8) is 0 Å². The highest BCUT2D eigenvalue weighted by atomic mass is 35.5. The number of aromatic carboxylic acids is 1. The van der Waals surface area contributed by atoms with Gasteiger partial charge in [0.05, 0.1) is 20.7 Å². The highest BCUT2D eigenvalue weighted by Gasteiger charge is 2.19. The number of carboxylic acid groups (broad SMARTS) is 1. The molecule has 0 unspecified atom stereocenters. The third-order valence-corrected chi connectivity index (χ3v) is 4.58. The fourth-order valence-corrected chi connectivity index (χ4v) is 3.23. The van der Waals surface area contributed by atoms with Crippen LogP contribution in [0.3, 0.4) is 0 Å². The molecular weight excluding hydrogens is 317 g/mol. The van der Waals surface area contributed by atoms with Gasteiger partial charge in [0, 0.05) is 6.42 Å². The highest BCUT2D eigenvalue weighted by Crippen LogP contribution is 2.28. The summed E-state index contributed by atoms with van der Waals surface area (Å²) in [5.41, 5.74) is 1.60. The molecule has 0 amide bonds. The average molecular weight is 330 g/mol. The van der Waals surface area contributed by atoms with Crippen LogP contribution in [0.5, 0.6) is 0 Å². The summed E-state index contributed by atoms with van der Waals surface area (Å²) in [5.74, 6) is -0.841. The Kier molecular flexibility index (Phi) is 4.68. The van der Waals surface area contributed by atoms with Gasteiger partial charge in [-0.2, -0.15) is 0 Å². The van der Waals surface area contributed by atoms with Gasteiger partial charge in [-0.1, -0.05) is 43.1 Å². The number of thiazole rings is 1. The van der Waals surface area contributed by atoms with E-state index in [9.17, 15) is 9.90 Å². The van der Waals surface area contributed by atoms with Crippen LogP contribution in [-0.2, 0) is 6.42 Å². The van der Waals surface area contributed by atoms with Gasteiger partial charge in [-0.05, 0) is 23.6 Å². The summed E-state index contributed by atoms with van der Waals surface area (Å²) >= 11 is 13.1. The number of hydrogen-bond donors (Lipinski definition) is 1. The number of nitrogens with zero attached hydrogens (tertiary/aromatic N) is 1. The van der Waals surface area contributed by atoms with E-state index in [2.05, 4.69) is 4.98 Å². The van der Waals surface area contributed by atoms with Gasteiger partial charge in [-0.3, -0.25) is 0 Å². The zero-order valence-electron chi connectivity index (χ0n) is 11.0. The Morgan fingerprint density at radius 3 is 2.55 bits per heavy atom. The van der Waals surface area contributed by atoms with E-state index in [1.54, 1.807) is 12.1 Å². The number of halogens is 2. The first-order valence-electron chi connectivity index (χ1n) is 6.05. The second-order valence-corrected chi connectivity index (χ2v) is 6.61. The monoisotopic (exact) mass is 329 g/mol. The molecule has 1 aromatic heterocycles. The minimum absolute atomic E-state index is 0.0832. The van der Waals surface area contributed by atoms with Gasteiger partial charge in [0.15, 0.2) is 0 Å². The second-order valence-electron chi connectivity index (χ2n) is 4.71. The average Bonchev–Trinajstić information content (AvgIpc) is 2.78. The minimum atomic E-state index is -0.924. The van der Waals surface area contributed by atoms with E-state index in [0.29, 0.717) is 27.0 Å². The summed E-state index contributed by atoms with van der Waals surface area (Å²) in [6, 6.07) is 5.38. The van der Waals surface area contributed by atoms with E-state index in [1.807, 2.05) is 19.9 Å². The lowest BCUT2D eigenvalue weighted by molar-refractivity contribution is 0.0700. The molecule has 0 aliphatic carbocycles. The zero-order chi connectivity index (χ0) is 14.9. The Balaban J connectivity index is 2.31. The number of carboxylic acids is 1. The van der Waals surface area contributed by atoms with Crippen LogP contribution in [0, 0.1) is 0 Å². The summed E-state index contributed by atoms with van der Waals surface area (Å²) in [5, 5.41) is 11.0. The van der Waals surface area contributed by atoms with E-state index in [0.717, 1.165) is 10.6 Å². The van der Waals surface area contributed by atoms with E-state index in [1.165, 1.54) is 11.3 Å². The van der Waals surface area contributed by atoms with Gasteiger partial charge in [-0.15, -0.1) is 11.3 Å². The number of benzene rings is 1. The maximum atomic E-state index is 11.2. The normalized spacial score (nSPS) is 11.1. The van der Waals surface area contributed by atoms with Gasteiger partial charge in [-0.25, -0.2) is 9.78 Å². The maximum Gasteiger partial charge on any atom is 0.347 e. The van der Waals surface area contributed by atoms with Crippen LogP contribution in [0.4, 0.5) is 0 Å². The van der Waals surface area contributed by atoms with Crippen molar-refractivity contribution in [1.82, 2.24) is 4.98 Å². The number of rotatable bonds is 4. The van der Waals surface area contributed by atoms with Gasteiger partial charge in [0.25, 0.3) is 0 Å². The molecule has 3 nitrogen and oxygen atoms in total. The Hall–Kier alpha value is -1.10. The second kappa shape index (κ2) is 6.12. The highest BCUT2D eigenvalue weighted by molar-refractivity contribution is 7.13. The molecule has 2 aromatic rings. The molecule has 0 atom stereocenters. The molecular formula is C14H13Cl2NO2S. The fraction of sp³-hybridized carbons (Fsp3) is 0.286. The lowest BCUT2D eigenvalue weighted by Gasteiger charge is -2.01. The predicted molar refractivity (Wildman–Crippen MR) is 82.4 cm³/mol. The fourth-order valence-electron chi connectivity index (χ4n) is 1.82. The lowest BCUT2D eigenvalue weighted by atomic mass is 10.1. The molecule has 20 heavy (non-hydrogen) atoms. The Labute approximate surface area is 131 Å². The van der Waals surface area contributed by atoms with Crippen LogP contribution in [0.1, 0.15) is 45.7 Å². The van der Waals surface area contributed by atoms with Crippen molar-refractivity contribution < 1.29 is 9.90 Å². The van der Waals surface area contributed by atoms with Crippen molar-refractivity contribution in [1.29, 1.82) is 0 Å². The number of hydrogen-bond acceptors (Lipinski definition) is 3. The van der Waals surface area contributed by atoms with Crippen molar-refractivity contribution in [2.24, 2.45) is 0 Å². The number of aromatic nitrogens is 1. The van der Waals surface area contributed by atoms with Crippen molar-refractivity contribution >= 4 is 40.5 Å². The molecule has 0 bridgehead atoms. The topological polar surface area (TPSA) is 50.2 Å². The van der Waals surface area contributed by atoms with E-state index < -0.39 is 5.97 Å². The molecule has 1 N–H and O–H groups in total. The molecule has 0 saturated heterocycles. The van der Waals surface area contributed by atoms with Gasteiger partial charge in [0.1, 0.15) is 4.88 Å². The largest absolute Gasteiger partial charge is 0.477 e. The Morgan fingerprint density at radius 1 is 1.35 bits per heavy atom. The van der Waals surface area contributed by atoms with Crippen LogP contribution in [0.25, 0.3) is 0 Å². The van der Waals surface area contributed by atoms with Gasteiger partial charge in [0.2, 0.25) is 0 Å². The molecule has 0 aliphatic rings. The van der Waals surface area contributed by atoms with E-state index in [-0.39, 0.29) is 5.92 Å². The minimum Gasteiger partial charge on any atom is -0.477 e. The van der Waals surface area contributed by atoms with E-state index >= 15 is 0 Å². The molecule has 1 aromatic carbocycles. The molecule has 1 heterocycles. The first kappa shape index (κ1) is 15.3. The van der Waals surface area contributed by atoms with Crippen molar-refractivity contribution in [2.75, 3.05) is 0 Å². The first-order valence-corrected chi connectivity index (χ1v) is 7.62. The zero-order valence-corrected chi connectivity index (χ0v) is 13.3. The van der Waals surface area contributed by atoms with Gasteiger partial charge >= 0.3 is 5.97 Å². The Morgan fingerprint density at radius 2 is 2.05 bits per heavy atom.